The summed E-state index contributed by atoms with van der Waals surface area (Å²) in [5.74, 6) is 1.85. The molecule has 0 fully saturated rings. The van der Waals surface area contributed by atoms with Crippen molar-refractivity contribution in [1.29, 1.82) is 0 Å². The number of benzene rings is 1. The van der Waals surface area contributed by atoms with Gasteiger partial charge in [0.2, 0.25) is 0 Å². The second kappa shape index (κ2) is 7.90. The SMILES string of the molecule is Cc1noc(-c2cccnc2NC(C)CN(C)Cc2ccccc2)n1. The van der Waals surface area contributed by atoms with Gasteiger partial charge in [-0.1, -0.05) is 35.5 Å². The second-order valence-corrected chi connectivity index (χ2v) is 6.27. The third kappa shape index (κ3) is 4.64. The molecule has 0 aliphatic carbocycles. The molecule has 0 aliphatic rings. The van der Waals surface area contributed by atoms with E-state index in [4.69, 9.17) is 4.52 Å². The number of nitrogens with zero attached hydrogens (tertiary/aromatic N) is 4. The number of hydrogen-bond donors (Lipinski definition) is 1. The molecule has 2 aromatic heterocycles. The van der Waals surface area contributed by atoms with E-state index in [9.17, 15) is 0 Å². The fourth-order valence-corrected chi connectivity index (χ4v) is 2.81. The molecule has 0 bridgehead atoms. The molecule has 0 saturated heterocycles. The Balaban J connectivity index is 1.64. The maximum Gasteiger partial charge on any atom is 0.261 e. The maximum absolute atomic E-state index is 5.28. The Bertz CT molecular complexity index is 802. The molecule has 0 saturated carbocycles. The summed E-state index contributed by atoms with van der Waals surface area (Å²) in [6, 6.07) is 14.5. The number of aromatic nitrogens is 3. The molecule has 0 radical (unpaired) electrons. The number of anilines is 1. The van der Waals surface area contributed by atoms with Crippen LogP contribution >= 0.6 is 0 Å². The summed E-state index contributed by atoms with van der Waals surface area (Å²) in [4.78, 5) is 11.0. The van der Waals surface area contributed by atoms with Gasteiger partial charge in [-0.05, 0) is 38.6 Å². The van der Waals surface area contributed by atoms with Gasteiger partial charge in [-0.25, -0.2) is 4.98 Å². The van der Waals surface area contributed by atoms with E-state index in [1.165, 1.54) is 5.56 Å². The molecule has 3 aromatic rings. The van der Waals surface area contributed by atoms with Gasteiger partial charge in [-0.2, -0.15) is 4.98 Å². The van der Waals surface area contributed by atoms with Gasteiger partial charge >= 0.3 is 0 Å². The van der Waals surface area contributed by atoms with Gasteiger partial charge in [-0.3, -0.25) is 0 Å². The Hall–Kier alpha value is -2.73. The molecule has 3 rings (SSSR count). The summed E-state index contributed by atoms with van der Waals surface area (Å²) in [6.07, 6.45) is 1.76. The Morgan fingerprint density at radius 2 is 1.96 bits per heavy atom. The largest absolute Gasteiger partial charge is 0.366 e. The van der Waals surface area contributed by atoms with Crippen molar-refractivity contribution < 1.29 is 4.52 Å². The molecule has 1 N–H and O–H groups in total. The molecule has 6 heteroatoms. The van der Waals surface area contributed by atoms with Crippen LogP contribution in [-0.2, 0) is 6.54 Å². The molecule has 1 unspecified atom stereocenters. The van der Waals surface area contributed by atoms with Gasteiger partial charge in [0, 0.05) is 25.3 Å². The zero-order chi connectivity index (χ0) is 17.6. The van der Waals surface area contributed by atoms with Gasteiger partial charge in [0.25, 0.3) is 5.89 Å². The predicted octanol–water partition coefficient (Wildman–Crippen LogP) is 3.37. The lowest BCUT2D eigenvalue weighted by molar-refractivity contribution is 0.316. The van der Waals surface area contributed by atoms with Crippen LogP contribution in [-0.4, -0.2) is 39.7 Å². The maximum atomic E-state index is 5.28. The van der Waals surface area contributed by atoms with Crippen molar-refractivity contribution >= 4 is 5.82 Å². The molecule has 6 nitrogen and oxygen atoms in total. The van der Waals surface area contributed by atoms with Crippen LogP contribution in [0.2, 0.25) is 0 Å². The molecule has 1 atom stereocenters. The highest BCUT2D eigenvalue weighted by atomic mass is 16.5. The molecule has 1 aromatic carbocycles. The van der Waals surface area contributed by atoms with Gasteiger partial charge < -0.3 is 14.7 Å². The van der Waals surface area contributed by atoms with Crippen LogP contribution in [0.1, 0.15) is 18.3 Å². The van der Waals surface area contributed by atoms with Crippen LogP contribution in [0.4, 0.5) is 5.82 Å². The summed E-state index contributed by atoms with van der Waals surface area (Å²) in [6.45, 7) is 5.73. The molecular weight excluding hydrogens is 314 g/mol. The van der Waals surface area contributed by atoms with Crippen molar-refractivity contribution in [3.63, 3.8) is 0 Å². The summed E-state index contributed by atoms with van der Waals surface area (Å²) < 4.78 is 5.28. The van der Waals surface area contributed by atoms with Crippen LogP contribution in [0.25, 0.3) is 11.5 Å². The van der Waals surface area contributed by atoms with Gasteiger partial charge in [-0.15, -0.1) is 0 Å². The van der Waals surface area contributed by atoms with Crippen molar-refractivity contribution in [3.8, 4) is 11.5 Å². The minimum absolute atomic E-state index is 0.214. The first-order valence-corrected chi connectivity index (χ1v) is 8.36. The lowest BCUT2D eigenvalue weighted by Gasteiger charge is -2.23. The lowest BCUT2D eigenvalue weighted by atomic mass is 10.2. The highest BCUT2D eigenvalue weighted by Gasteiger charge is 2.15. The molecule has 0 spiro atoms. The normalized spacial score (nSPS) is 12.3. The average Bonchev–Trinajstić information content (AvgIpc) is 3.02. The van der Waals surface area contributed by atoms with E-state index < -0.39 is 0 Å². The standard InChI is InChI=1S/C19H23N5O/c1-14(12-24(3)13-16-8-5-4-6-9-16)21-18-17(10-7-11-20-18)19-22-15(2)23-25-19/h4-11,14H,12-13H2,1-3H3,(H,20,21). The van der Waals surface area contributed by atoms with E-state index in [1.54, 1.807) is 13.1 Å². The molecular formula is C19H23N5O. The number of aryl methyl sites for hydroxylation is 1. The molecule has 130 valence electrons. The summed E-state index contributed by atoms with van der Waals surface area (Å²) >= 11 is 0. The Morgan fingerprint density at radius 1 is 1.16 bits per heavy atom. The highest BCUT2D eigenvalue weighted by Crippen LogP contribution is 2.24. The van der Waals surface area contributed by atoms with Crippen molar-refractivity contribution in [1.82, 2.24) is 20.0 Å². The summed E-state index contributed by atoms with van der Waals surface area (Å²) in [5, 5.41) is 7.31. The van der Waals surface area contributed by atoms with E-state index in [-0.39, 0.29) is 6.04 Å². The van der Waals surface area contributed by atoms with Crippen LogP contribution in [0, 0.1) is 6.92 Å². The smallest absolute Gasteiger partial charge is 0.261 e. The minimum atomic E-state index is 0.214. The van der Waals surface area contributed by atoms with Gasteiger partial charge in [0.15, 0.2) is 5.82 Å². The zero-order valence-electron chi connectivity index (χ0n) is 14.8. The first-order valence-electron chi connectivity index (χ1n) is 8.36. The Labute approximate surface area is 147 Å². The first kappa shape index (κ1) is 17.1. The quantitative estimate of drug-likeness (QED) is 0.713. The zero-order valence-corrected chi connectivity index (χ0v) is 14.8. The third-order valence-corrected chi connectivity index (χ3v) is 3.83. The van der Waals surface area contributed by atoms with E-state index >= 15 is 0 Å². The minimum Gasteiger partial charge on any atom is -0.366 e. The molecule has 0 aliphatic heterocycles. The van der Waals surface area contributed by atoms with E-state index in [0.717, 1.165) is 24.5 Å². The monoisotopic (exact) mass is 337 g/mol. The molecule has 2 heterocycles. The average molecular weight is 337 g/mol. The Kier molecular flexibility index (Phi) is 5.40. The van der Waals surface area contributed by atoms with Crippen molar-refractivity contribution in [2.75, 3.05) is 18.9 Å². The number of pyridine rings is 1. The van der Waals surface area contributed by atoms with Crippen LogP contribution in [0.15, 0.2) is 53.2 Å². The summed E-state index contributed by atoms with van der Waals surface area (Å²) in [7, 11) is 2.12. The predicted molar refractivity (Wildman–Crippen MR) is 98.1 cm³/mol. The number of rotatable bonds is 7. The van der Waals surface area contributed by atoms with E-state index in [2.05, 4.69) is 63.6 Å². The van der Waals surface area contributed by atoms with Crippen molar-refractivity contribution in [3.05, 3.63) is 60.0 Å². The highest BCUT2D eigenvalue weighted by molar-refractivity contribution is 5.68. The van der Waals surface area contributed by atoms with Crippen molar-refractivity contribution in [2.45, 2.75) is 26.4 Å². The molecule has 0 amide bonds. The van der Waals surface area contributed by atoms with Crippen molar-refractivity contribution in [2.24, 2.45) is 0 Å². The van der Waals surface area contributed by atoms with Crippen LogP contribution in [0.5, 0.6) is 0 Å². The van der Waals surface area contributed by atoms with Gasteiger partial charge in [0.1, 0.15) is 5.82 Å². The number of likely N-dealkylation sites (N-methyl/N-ethyl adjacent to an activating group) is 1. The van der Waals surface area contributed by atoms with E-state index in [0.29, 0.717) is 11.7 Å². The Morgan fingerprint density at radius 3 is 2.68 bits per heavy atom. The number of nitrogens with one attached hydrogen (secondary N) is 1. The second-order valence-electron chi connectivity index (χ2n) is 6.27. The van der Waals surface area contributed by atoms with Crippen LogP contribution < -0.4 is 5.32 Å². The van der Waals surface area contributed by atoms with Crippen LogP contribution in [0.3, 0.4) is 0 Å². The summed E-state index contributed by atoms with van der Waals surface area (Å²) in [5.41, 5.74) is 2.12. The fourth-order valence-electron chi connectivity index (χ4n) is 2.81. The third-order valence-electron chi connectivity index (χ3n) is 3.83. The first-order chi connectivity index (χ1) is 12.1. The number of hydrogen-bond acceptors (Lipinski definition) is 6. The van der Waals surface area contributed by atoms with Gasteiger partial charge in [0.05, 0.1) is 5.56 Å². The fraction of sp³-hybridized carbons (Fsp3) is 0.316. The lowest BCUT2D eigenvalue weighted by Crippen LogP contribution is -2.32. The topological polar surface area (TPSA) is 67.1 Å². The molecule has 25 heavy (non-hydrogen) atoms. The van der Waals surface area contributed by atoms with E-state index in [1.807, 2.05) is 18.2 Å².